The van der Waals surface area contributed by atoms with Crippen molar-refractivity contribution < 1.29 is 27.8 Å². The van der Waals surface area contributed by atoms with Gasteiger partial charge in [0.1, 0.15) is 23.4 Å². The SMILES string of the molecule is C[C@@H]1CN([C@@H](C)CO)C(=O)c2cc(NS(=O)(=O)c3ccc(Cl)cc3)ccc2O[C@H]1CN(C)Cc1ccc(Oc2ccccc2)cc1. The number of sulfonamides is 1. The highest BCUT2D eigenvalue weighted by atomic mass is 35.5. The van der Waals surface area contributed by atoms with E-state index in [1.165, 1.54) is 30.3 Å². The number of para-hydroxylation sites is 1. The van der Waals surface area contributed by atoms with Gasteiger partial charge >= 0.3 is 0 Å². The summed E-state index contributed by atoms with van der Waals surface area (Å²) >= 11 is 5.92. The Hall–Kier alpha value is -4.09. The lowest BCUT2D eigenvalue weighted by molar-refractivity contribution is 0.0341. The van der Waals surface area contributed by atoms with E-state index in [0.717, 1.165) is 17.1 Å². The van der Waals surface area contributed by atoms with Crippen molar-refractivity contribution in [2.45, 2.75) is 37.4 Å². The molecule has 5 rings (SSSR count). The molecule has 1 aliphatic heterocycles. The van der Waals surface area contributed by atoms with Gasteiger partial charge < -0.3 is 19.5 Å². The van der Waals surface area contributed by atoms with E-state index in [9.17, 15) is 18.3 Å². The van der Waals surface area contributed by atoms with Gasteiger partial charge in [-0.15, -0.1) is 0 Å². The summed E-state index contributed by atoms with van der Waals surface area (Å²) in [4.78, 5) is 17.6. The standard InChI is InChI=1S/C35H38ClN3O6S/c1-24-20-39(25(2)23-40)35(41)32-19-28(37-46(42,43)31-16-11-27(36)12-17-31)13-18-33(32)45-34(24)22-38(3)21-26-9-14-30(15-10-26)44-29-7-5-4-6-8-29/h4-19,24-25,34,37,40H,20-23H2,1-3H3/t24-,25+,34+/m1/s1. The molecule has 11 heteroatoms. The highest BCUT2D eigenvalue weighted by molar-refractivity contribution is 7.92. The minimum Gasteiger partial charge on any atom is -0.488 e. The summed E-state index contributed by atoms with van der Waals surface area (Å²) in [5.41, 5.74) is 1.53. The fourth-order valence-electron chi connectivity index (χ4n) is 5.30. The van der Waals surface area contributed by atoms with Crippen molar-refractivity contribution in [1.82, 2.24) is 9.80 Å². The van der Waals surface area contributed by atoms with Crippen LogP contribution in [0.15, 0.2) is 102 Å². The minimum atomic E-state index is -3.94. The Kier molecular flexibility index (Phi) is 10.5. The second kappa shape index (κ2) is 14.6. The topological polar surface area (TPSA) is 108 Å². The fourth-order valence-corrected chi connectivity index (χ4v) is 6.48. The van der Waals surface area contributed by atoms with Crippen LogP contribution in [0.25, 0.3) is 0 Å². The number of hydrogen-bond donors (Lipinski definition) is 2. The van der Waals surface area contributed by atoms with Gasteiger partial charge in [0, 0.05) is 36.3 Å². The van der Waals surface area contributed by atoms with Gasteiger partial charge in [-0.2, -0.15) is 0 Å². The van der Waals surface area contributed by atoms with Crippen molar-refractivity contribution in [3.8, 4) is 17.2 Å². The smallest absolute Gasteiger partial charge is 0.261 e. The molecule has 1 amide bonds. The average Bonchev–Trinajstić information content (AvgIpc) is 3.04. The van der Waals surface area contributed by atoms with Gasteiger partial charge in [0.25, 0.3) is 15.9 Å². The number of ether oxygens (including phenoxy) is 2. The van der Waals surface area contributed by atoms with E-state index in [0.29, 0.717) is 30.4 Å². The lowest BCUT2D eigenvalue weighted by Crippen LogP contribution is -2.49. The molecule has 3 atom stereocenters. The molecule has 4 aromatic carbocycles. The molecule has 4 aromatic rings. The van der Waals surface area contributed by atoms with Crippen LogP contribution in [0.2, 0.25) is 5.02 Å². The molecule has 0 unspecified atom stereocenters. The second-order valence-corrected chi connectivity index (χ2v) is 13.8. The Morgan fingerprint density at radius 1 is 1.02 bits per heavy atom. The first-order chi connectivity index (χ1) is 22.0. The summed E-state index contributed by atoms with van der Waals surface area (Å²) in [6.07, 6.45) is -0.303. The number of carbonyl (C=O) groups excluding carboxylic acids is 1. The van der Waals surface area contributed by atoms with E-state index in [1.54, 1.807) is 24.0 Å². The number of halogens is 1. The summed E-state index contributed by atoms with van der Waals surface area (Å²) in [6, 6.07) is 27.6. The van der Waals surface area contributed by atoms with Crippen LogP contribution < -0.4 is 14.2 Å². The predicted octanol–water partition coefficient (Wildman–Crippen LogP) is 6.29. The molecule has 0 aromatic heterocycles. The lowest BCUT2D eigenvalue weighted by atomic mass is 9.99. The molecule has 242 valence electrons. The van der Waals surface area contributed by atoms with Crippen molar-refractivity contribution in [3.63, 3.8) is 0 Å². The molecule has 0 bridgehead atoms. The number of benzene rings is 4. The second-order valence-electron chi connectivity index (χ2n) is 11.6. The van der Waals surface area contributed by atoms with E-state index >= 15 is 0 Å². The number of anilines is 1. The first-order valence-electron chi connectivity index (χ1n) is 15.0. The van der Waals surface area contributed by atoms with Crippen LogP contribution in [0.4, 0.5) is 5.69 Å². The van der Waals surface area contributed by atoms with Crippen LogP contribution in [0, 0.1) is 5.92 Å². The maximum Gasteiger partial charge on any atom is 0.261 e. The zero-order valence-corrected chi connectivity index (χ0v) is 27.5. The monoisotopic (exact) mass is 663 g/mol. The Labute approximate surface area is 275 Å². The molecule has 0 spiro atoms. The fraction of sp³-hybridized carbons (Fsp3) is 0.286. The van der Waals surface area contributed by atoms with E-state index in [2.05, 4.69) is 9.62 Å². The van der Waals surface area contributed by atoms with Gasteiger partial charge in [-0.1, -0.05) is 48.9 Å². The summed E-state index contributed by atoms with van der Waals surface area (Å²) in [6.45, 7) is 5.16. The lowest BCUT2D eigenvalue weighted by Gasteiger charge is -2.38. The zero-order chi connectivity index (χ0) is 32.8. The molecule has 2 N–H and O–H groups in total. The number of fused-ring (bicyclic) bond motifs is 1. The molecular weight excluding hydrogens is 626 g/mol. The highest BCUT2D eigenvalue weighted by Crippen LogP contribution is 2.32. The van der Waals surface area contributed by atoms with Gasteiger partial charge in [-0.05, 0) is 86.3 Å². The molecular formula is C35H38ClN3O6S. The zero-order valence-electron chi connectivity index (χ0n) is 26.0. The molecule has 0 saturated carbocycles. The summed E-state index contributed by atoms with van der Waals surface area (Å²) in [7, 11) is -1.93. The molecule has 0 saturated heterocycles. The molecule has 1 aliphatic rings. The predicted molar refractivity (Wildman–Crippen MR) is 179 cm³/mol. The molecule has 1 heterocycles. The van der Waals surface area contributed by atoms with Crippen LogP contribution >= 0.6 is 11.6 Å². The quantitative estimate of drug-likeness (QED) is 0.194. The number of carbonyl (C=O) groups is 1. The number of nitrogens with zero attached hydrogens (tertiary/aromatic N) is 2. The molecule has 46 heavy (non-hydrogen) atoms. The maximum atomic E-state index is 13.8. The third kappa shape index (κ3) is 8.19. The molecule has 0 radical (unpaired) electrons. The Morgan fingerprint density at radius 2 is 1.70 bits per heavy atom. The molecule has 9 nitrogen and oxygen atoms in total. The number of likely N-dealkylation sites (N-methyl/N-ethyl adjacent to an activating group) is 1. The van der Waals surface area contributed by atoms with Crippen LogP contribution in [0.3, 0.4) is 0 Å². The third-order valence-corrected chi connectivity index (χ3v) is 9.54. The average molecular weight is 664 g/mol. The van der Waals surface area contributed by atoms with Crippen molar-refractivity contribution in [1.29, 1.82) is 0 Å². The highest BCUT2D eigenvalue weighted by Gasteiger charge is 2.33. The van der Waals surface area contributed by atoms with Gasteiger partial charge in [0.15, 0.2) is 0 Å². The van der Waals surface area contributed by atoms with E-state index < -0.39 is 16.1 Å². The normalized spacial score (nSPS) is 17.4. The Balaban J connectivity index is 1.34. The van der Waals surface area contributed by atoms with Gasteiger partial charge in [0.2, 0.25) is 0 Å². The van der Waals surface area contributed by atoms with Gasteiger partial charge in [-0.25, -0.2) is 8.42 Å². The molecule has 0 aliphatic carbocycles. The van der Waals surface area contributed by atoms with Crippen LogP contribution in [0.5, 0.6) is 17.2 Å². The van der Waals surface area contributed by atoms with Crippen molar-refractivity contribution in [2.24, 2.45) is 5.92 Å². The first kappa shape index (κ1) is 33.3. The Morgan fingerprint density at radius 3 is 2.37 bits per heavy atom. The van der Waals surface area contributed by atoms with Crippen molar-refractivity contribution in [3.05, 3.63) is 113 Å². The van der Waals surface area contributed by atoms with Gasteiger partial charge in [-0.3, -0.25) is 14.4 Å². The van der Waals surface area contributed by atoms with Gasteiger partial charge in [0.05, 0.1) is 23.1 Å². The molecule has 0 fully saturated rings. The van der Waals surface area contributed by atoms with E-state index in [4.69, 9.17) is 21.1 Å². The van der Waals surface area contributed by atoms with Crippen LogP contribution in [0.1, 0.15) is 29.8 Å². The first-order valence-corrected chi connectivity index (χ1v) is 16.9. The van der Waals surface area contributed by atoms with E-state index in [1.807, 2.05) is 68.6 Å². The summed E-state index contributed by atoms with van der Waals surface area (Å²) in [5.74, 6) is 1.46. The van der Waals surface area contributed by atoms with Crippen LogP contribution in [-0.2, 0) is 16.6 Å². The number of amides is 1. The number of hydrogen-bond acceptors (Lipinski definition) is 7. The van der Waals surface area contributed by atoms with Crippen molar-refractivity contribution >= 4 is 33.2 Å². The van der Waals surface area contributed by atoms with E-state index in [-0.39, 0.29) is 40.7 Å². The number of aliphatic hydroxyl groups excluding tert-OH is 1. The van der Waals surface area contributed by atoms with Crippen LogP contribution in [-0.4, -0.2) is 68.1 Å². The summed E-state index contributed by atoms with van der Waals surface area (Å²) < 4.78 is 41.1. The minimum absolute atomic E-state index is 0.0389. The third-order valence-electron chi connectivity index (χ3n) is 7.89. The van der Waals surface area contributed by atoms with Crippen molar-refractivity contribution in [2.75, 3.05) is 31.5 Å². The maximum absolute atomic E-state index is 13.8. The number of nitrogens with one attached hydrogen (secondary N) is 1. The largest absolute Gasteiger partial charge is 0.488 e. The number of aliphatic hydroxyl groups is 1. The Bertz CT molecular complexity index is 1740. The summed E-state index contributed by atoms with van der Waals surface area (Å²) in [5, 5.41) is 10.4. The number of rotatable bonds is 11.